The number of carbonyl (C=O) groups is 1. The predicted octanol–water partition coefficient (Wildman–Crippen LogP) is 0.542. The number of aryl methyl sites for hydroxylation is 1. The van der Waals surface area contributed by atoms with Crippen molar-refractivity contribution in [1.29, 1.82) is 0 Å². The topological polar surface area (TPSA) is 123 Å². The highest BCUT2D eigenvalue weighted by atomic mass is 19.1. The van der Waals surface area contributed by atoms with Crippen LogP contribution in [0.2, 0.25) is 0 Å². The number of amides is 1. The molecule has 4 rings (SSSR count). The number of fused-ring (bicyclic) bond motifs is 1. The Labute approximate surface area is 156 Å². The van der Waals surface area contributed by atoms with Crippen LogP contribution < -0.4 is 27.7 Å². The van der Waals surface area contributed by atoms with Gasteiger partial charge in [-0.15, -0.1) is 4.79 Å². The van der Waals surface area contributed by atoms with E-state index in [0.717, 1.165) is 19.3 Å². The monoisotopic (exact) mass is 373 g/mol. The van der Waals surface area contributed by atoms with Crippen molar-refractivity contribution in [2.45, 2.75) is 43.9 Å². The number of anilines is 1. The van der Waals surface area contributed by atoms with Crippen molar-refractivity contribution < 1.29 is 9.18 Å². The van der Waals surface area contributed by atoms with Crippen molar-refractivity contribution in [2.75, 3.05) is 17.8 Å². The Balaban J connectivity index is 1.56. The number of hydrogen-bond acceptors (Lipinski definition) is 6. The van der Waals surface area contributed by atoms with Gasteiger partial charge in [0.2, 0.25) is 0 Å². The van der Waals surface area contributed by atoms with Crippen molar-refractivity contribution in [1.82, 2.24) is 20.6 Å². The number of carbonyl (C=O) groups excluding carboxylic acids is 1. The number of nitrogens with two attached hydrogens (primary N) is 2. The average molecular weight is 373 g/mol. The predicted molar refractivity (Wildman–Crippen MR) is 100 cm³/mol. The number of nitrogens with one attached hydrogen (secondary N) is 3. The van der Waals surface area contributed by atoms with Crippen LogP contribution in [0.15, 0.2) is 24.3 Å². The van der Waals surface area contributed by atoms with E-state index in [1.165, 1.54) is 15.9 Å². The van der Waals surface area contributed by atoms with Crippen molar-refractivity contribution in [3.05, 3.63) is 46.6 Å². The molecule has 1 fully saturated rings. The molecular weight excluding hydrogens is 349 g/mol. The van der Waals surface area contributed by atoms with E-state index >= 15 is 0 Å². The molecule has 1 aromatic carbocycles. The minimum atomic E-state index is -0.890. The van der Waals surface area contributed by atoms with Gasteiger partial charge in [-0.05, 0) is 30.4 Å². The summed E-state index contributed by atoms with van der Waals surface area (Å²) >= 11 is 0. The Hall–Kier alpha value is -2.65. The van der Waals surface area contributed by atoms with Gasteiger partial charge < -0.3 is 11.5 Å². The second-order valence-corrected chi connectivity index (χ2v) is 7.18. The van der Waals surface area contributed by atoms with E-state index in [2.05, 4.69) is 33.5 Å². The molecule has 3 atom stereocenters. The van der Waals surface area contributed by atoms with E-state index in [1.54, 1.807) is 0 Å². The van der Waals surface area contributed by atoms with Crippen LogP contribution in [0.1, 0.15) is 45.9 Å². The third kappa shape index (κ3) is 3.47. The minimum Gasteiger partial charge on any atom is -0.382 e. The summed E-state index contributed by atoms with van der Waals surface area (Å²) in [5.41, 5.74) is 20.9. The maximum Gasteiger partial charge on any atom is 0.254 e. The number of halogens is 1. The molecule has 1 saturated heterocycles. The van der Waals surface area contributed by atoms with Crippen LogP contribution in [0.3, 0.4) is 0 Å². The number of primary amides is 1. The normalized spacial score (nSPS) is 24.6. The first-order chi connectivity index (χ1) is 13.0. The Bertz CT molecular complexity index is 852. The summed E-state index contributed by atoms with van der Waals surface area (Å²) < 4.78 is 13.3. The van der Waals surface area contributed by atoms with Crippen LogP contribution in [0.4, 0.5) is 10.2 Å². The molecule has 0 bridgehead atoms. The molecule has 1 aromatic heterocycles. The number of hydrogen-bond donors (Lipinski definition) is 5. The fourth-order valence-corrected chi connectivity index (χ4v) is 3.94. The molecule has 9 heteroatoms. The molecule has 2 aromatic rings. The lowest BCUT2D eigenvalue weighted by Gasteiger charge is -2.23. The van der Waals surface area contributed by atoms with E-state index < -0.39 is 12.1 Å². The number of alkyl halides is 1. The van der Waals surface area contributed by atoms with Gasteiger partial charge in [-0.1, -0.05) is 24.3 Å². The van der Waals surface area contributed by atoms with Crippen LogP contribution in [0.5, 0.6) is 0 Å². The molecule has 0 spiro atoms. The van der Waals surface area contributed by atoms with Crippen molar-refractivity contribution >= 4 is 11.7 Å². The van der Waals surface area contributed by atoms with Crippen LogP contribution in [0, 0.1) is 0 Å². The molecule has 1 unspecified atom stereocenters. The van der Waals surface area contributed by atoms with E-state index in [0.29, 0.717) is 18.7 Å². The van der Waals surface area contributed by atoms with Crippen LogP contribution in [0.25, 0.3) is 0 Å². The molecule has 1 amide bonds. The third-order valence-electron chi connectivity index (χ3n) is 5.35. The van der Waals surface area contributed by atoms with Crippen molar-refractivity contribution in [3.63, 3.8) is 0 Å². The van der Waals surface area contributed by atoms with Crippen LogP contribution in [-0.4, -0.2) is 34.7 Å². The third-order valence-corrected chi connectivity index (χ3v) is 5.35. The Morgan fingerprint density at radius 3 is 2.81 bits per heavy atom. The second kappa shape index (κ2) is 7.16. The molecule has 7 N–H and O–H groups in total. The molecule has 27 heavy (non-hydrogen) atoms. The zero-order valence-corrected chi connectivity index (χ0v) is 14.9. The van der Waals surface area contributed by atoms with Gasteiger partial charge in [0.15, 0.2) is 5.82 Å². The van der Waals surface area contributed by atoms with E-state index in [9.17, 15) is 9.18 Å². The maximum absolute atomic E-state index is 13.3. The number of rotatable bonds is 5. The molecule has 2 aliphatic rings. The van der Waals surface area contributed by atoms with Crippen LogP contribution in [-0.2, 0) is 12.8 Å². The highest BCUT2D eigenvalue weighted by Gasteiger charge is 2.30. The first-order valence-corrected chi connectivity index (χ1v) is 9.17. The number of nitrogen functional groups attached to an aromatic ring is 1. The van der Waals surface area contributed by atoms with Crippen LogP contribution >= 0.6 is 0 Å². The van der Waals surface area contributed by atoms with Gasteiger partial charge in [-0.25, -0.2) is 15.4 Å². The van der Waals surface area contributed by atoms with Gasteiger partial charge >= 0.3 is 0 Å². The smallest absolute Gasteiger partial charge is 0.254 e. The maximum atomic E-state index is 13.3. The average Bonchev–Trinajstić information content (AvgIpc) is 3.22. The van der Waals surface area contributed by atoms with E-state index in [1.807, 2.05) is 12.1 Å². The summed E-state index contributed by atoms with van der Waals surface area (Å²) in [6, 6.07) is 8.28. The number of benzene rings is 1. The van der Waals surface area contributed by atoms with Gasteiger partial charge in [-0.3, -0.25) is 10.1 Å². The molecule has 0 saturated carbocycles. The molecule has 2 heterocycles. The number of hydrazine groups is 1. The summed E-state index contributed by atoms with van der Waals surface area (Å²) in [4.78, 5) is 13.3. The summed E-state index contributed by atoms with van der Waals surface area (Å²) in [5.74, 6) is -0.386. The molecule has 144 valence electrons. The zero-order chi connectivity index (χ0) is 19.0. The fraction of sp³-hybridized carbons (Fsp3) is 0.444. The Morgan fingerprint density at radius 1 is 1.33 bits per heavy atom. The molecule has 1 aliphatic carbocycles. The summed E-state index contributed by atoms with van der Waals surface area (Å²) in [5, 5.41) is 7.50. The van der Waals surface area contributed by atoms with E-state index in [4.69, 9.17) is 11.5 Å². The standard InChI is InChI=1S/C18H24FN7O/c19-13-8-14(22-9-13)23-25-26-17(20)15(18(21)27)16(24-26)12-6-5-10-3-1-2-4-11(10)7-12/h1-4,12-14,22-23,25H,5-9,20H2,(H2,21,27)/t12?,13-,14+/m1/s1. The largest absolute Gasteiger partial charge is 0.382 e. The number of aromatic nitrogens is 2. The lowest BCUT2D eigenvalue weighted by Crippen LogP contribution is -2.45. The van der Waals surface area contributed by atoms with Gasteiger partial charge in [0.05, 0.1) is 11.9 Å². The highest BCUT2D eigenvalue weighted by Crippen LogP contribution is 2.34. The fourth-order valence-electron chi connectivity index (χ4n) is 3.94. The summed E-state index contributed by atoms with van der Waals surface area (Å²) in [6.07, 6.45) is 1.77. The SMILES string of the molecule is NC(=O)c1c(C2CCc3ccccc3C2)nn(NN[C@H]2C[C@@H](F)CN2)c1N. The lowest BCUT2D eigenvalue weighted by molar-refractivity contribution is 0.0999. The van der Waals surface area contributed by atoms with Gasteiger partial charge in [0, 0.05) is 18.9 Å². The van der Waals surface area contributed by atoms with E-state index in [-0.39, 0.29) is 23.5 Å². The molecular formula is C18H24FN7O. The van der Waals surface area contributed by atoms with Crippen molar-refractivity contribution in [3.8, 4) is 0 Å². The number of nitrogens with zero attached hydrogens (tertiary/aromatic N) is 2. The van der Waals surface area contributed by atoms with Gasteiger partial charge in [0.1, 0.15) is 11.7 Å². The summed E-state index contributed by atoms with van der Waals surface area (Å²) in [7, 11) is 0. The molecule has 0 radical (unpaired) electrons. The van der Waals surface area contributed by atoms with Gasteiger partial charge in [-0.2, -0.15) is 5.10 Å². The lowest BCUT2D eigenvalue weighted by atomic mass is 9.81. The Kier molecular flexibility index (Phi) is 4.71. The first-order valence-electron chi connectivity index (χ1n) is 9.17. The zero-order valence-electron chi connectivity index (χ0n) is 14.9. The summed E-state index contributed by atoms with van der Waals surface area (Å²) in [6.45, 7) is 0.299. The molecule has 8 nitrogen and oxygen atoms in total. The highest BCUT2D eigenvalue weighted by molar-refractivity contribution is 5.98. The Morgan fingerprint density at radius 2 is 2.11 bits per heavy atom. The first kappa shape index (κ1) is 17.7. The quantitative estimate of drug-likeness (QED) is 0.488. The minimum absolute atomic E-state index is 0.0626. The second-order valence-electron chi connectivity index (χ2n) is 7.18. The molecule has 1 aliphatic heterocycles. The van der Waals surface area contributed by atoms with Gasteiger partial charge in [0.25, 0.3) is 5.91 Å². The van der Waals surface area contributed by atoms with Crippen molar-refractivity contribution in [2.24, 2.45) is 5.73 Å².